The molecule has 1 heterocycles. The molecule has 3 N–H and O–H groups in total. The first-order valence-corrected chi connectivity index (χ1v) is 6.41. The van der Waals surface area contributed by atoms with Crippen LogP contribution in [0.1, 0.15) is 5.56 Å². The normalized spacial score (nSPS) is 11.5. The molecule has 2 rings (SSSR count). The Morgan fingerprint density at radius 1 is 1.58 bits per heavy atom. The second kappa shape index (κ2) is 5.63. The molecule has 0 aliphatic heterocycles. The molecule has 98 valence electrons. The summed E-state index contributed by atoms with van der Waals surface area (Å²) in [5.74, 6) is -0.185. The Morgan fingerprint density at radius 3 is 2.95 bits per heavy atom. The molecule has 0 bridgehead atoms. The van der Waals surface area contributed by atoms with Crippen molar-refractivity contribution in [2.45, 2.75) is 9.24 Å². The summed E-state index contributed by atoms with van der Waals surface area (Å²) in [5, 5.41) is 22.4. The van der Waals surface area contributed by atoms with Gasteiger partial charge in [-0.2, -0.15) is 4.37 Å². The van der Waals surface area contributed by atoms with Crippen molar-refractivity contribution >= 4 is 34.8 Å². The fourth-order valence-corrected chi connectivity index (χ4v) is 2.75. The van der Waals surface area contributed by atoms with Crippen molar-refractivity contribution in [3.63, 3.8) is 0 Å². The van der Waals surface area contributed by atoms with Gasteiger partial charge in [0, 0.05) is 11.6 Å². The molecule has 10 heteroatoms. The van der Waals surface area contributed by atoms with Gasteiger partial charge >= 0.3 is 0 Å². The number of hydrogen-bond acceptors (Lipinski definition) is 8. The number of rotatable bonds is 4. The number of hydrogen-bond donors (Lipinski definition) is 2. The molecule has 0 saturated heterocycles. The Balaban J connectivity index is 2.41. The molecule has 0 spiro atoms. The Labute approximate surface area is 115 Å². The van der Waals surface area contributed by atoms with Gasteiger partial charge in [0.25, 0.3) is 5.69 Å². The van der Waals surface area contributed by atoms with E-state index in [0.717, 1.165) is 23.3 Å². The maximum Gasteiger partial charge on any atom is 0.284 e. The first-order valence-electron chi connectivity index (χ1n) is 4.82. The van der Waals surface area contributed by atoms with Crippen LogP contribution in [-0.4, -0.2) is 25.3 Å². The zero-order valence-electron chi connectivity index (χ0n) is 9.26. The van der Waals surface area contributed by atoms with Crippen LogP contribution < -0.4 is 5.73 Å². The molecule has 8 nitrogen and oxygen atoms in total. The summed E-state index contributed by atoms with van der Waals surface area (Å²) in [6.07, 6.45) is 1.38. The van der Waals surface area contributed by atoms with Crippen molar-refractivity contribution in [2.75, 3.05) is 0 Å². The minimum atomic E-state index is -0.530. The molecule has 0 aliphatic rings. The molecule has 0 atom stereocenters. The second-order valence-electron chi connectivity index (χ2n) is 3.23. The second-order valence-corrected chi connectivity index (χ2v) is 5.30. The number of nitro groups is 1. The van der Waals surface area contributed by atoms with Crippen molar-refractivity contribution in [2.24, 2.45) is 10.9 Å². The lowest BCUT2D eigenvalue weighted by Gasteiger charge is -2.03. The van der Waals surface area contributed by atoms with Crippen molar-refractivity contribution in [1.82, 2.24) is 9.36 Å². The van der Waals surface area contributed by atoms with Gasteiger partial charge in [0.1, 0.15) is 6.33 Å². The standard InChI is InChI=1S/C9H7N5O3S2/c10-8(13-15)5-1-2-7(6(3-5)14(16)17)18-9-11-4-12-19-9/h1-4,15H,(H2,10,13). The summed E-state index contributed by atoms with van der Waals surface area (Å²) in [6, 6.07) is 4.31. The van der Waals surface area contributed by atoms with E-state index in [9.17, 15) is 10.1 Å². The van der Waals surface area contributed by atoms with Gasteiger partial charge in [-0.3, -0.25) is 10.1 Å². The highest BCUT2D eigenvalue weighted by Crippen LogP contribution is 2.35. The van der Waals surface area contributed by atoms with Crippen molar-refractivity contribution in [3.8, 4) is 0 Å². The lowest BCUT2D eigenvalue weighted by Crippen LogP contribution is -2.13. The number of nitro benzene ring substituents is 1. The molecule has 0 unspecified atom stereocenters. The van der Waals surface area contributed by atoms with E-state index in [2.05, 4.69) is 14.5 Å². The molecule has 1 aromatic heterocycles. The Kier molecular flexibility index (Phi) is 3.92. The van der Waals surface area contributed by atoms with Gasteiger partial charge in [-0.15, -0.1) is 0 Å². The van der Waals surface area contributed by atoms with Crippen molar-refractivity contribution in [1.29, 1.82) is 0 Å². The highest BCUT2D eigenvalue weighted by Gasteiger charge is 2.18. The molecule has 0 fully saturated rings. The minimum Gasteiger partial charge on any atom is -0.409 e. The van der Waals surface area contributed by atoms with Gasteiger partial charge < -0.3 is 10.9 Å². The van der Waals surface area contributed by atoms with Crippen LogP contribution in [-0.2, 0) is 0 Å². The van der Waals surface area contributed by atoms with Gasteiger partial charge in [0.2, 0.25) is 0 Å². The zero-order chi connectivity index (χ0) is 13.8. The van der Waals surface area contributed by atoms with Gasteiger partial charge in [0.15, 0.2) is 10.2 Å². The highest BCUT2D eigenvalue weighted by atomic mass is 32.2. The number of amidine groups is 1. The Morgan fingerprint density at radius 2 is 2.37 bits per heavy atom. The monoisotopic (exact) mass is 297 g/mol. The number of nitrogens with two attached hydrogens (primary N) is 1. The Bertz CT molecular complexity index is 629. The molecular weight excluding hydrogens is 290 g/mol. The smallest absolute Gasteiger partial charge is 0.284 e. The van der Waals surface area contributed by atoms with Gasteiger partial charge in [-0.25, -0.2) is 4.98 Å². The van der Waals surface area contributed by atoms with E-state index in [1.807, 2.05) is 0 Å². The van der Waals surface area contributed by atoms with E-state index in [1.54, 1.807) is 0 Å². The molecule has 2 aromatic rings. The predicted molar refractivity (Wildman–Crippen MR) is 69.6 cm³/mol. The van der Waals surface area contributed by atoms with Gasteiger partial charge in [-0.05, 0) is 23.7 Å². The maximum atomic E-state index is 11.0. The average molecular weight is 297 g/mol. The lowest BCUT2D eigenvalue weighted by molar-refractivity contribution is -0.387. The average Bonchev–Trinajstić information content (AvgIpc) is 2.91. The van der Waals surface area contributed by atoms with Crippen LogP contribution in [0.15, 0.2) is 38.9 Å². The van der Waals surface area contributed by atoms with Gasteiger partial charge in [-0.1, -0.05) is 16.9 Å². The van der Waals surface area contributed by atoms with Crippen molar-refractivity contribution in [3.05, 3.63) is 40.2 Å². The third-order valence-electron chi connectivity index (χ3n) is 2.10. The van der Waals surface area contributed by atoms with Crippen LogP contribution in [0.2, 0.25) is 0 Å². The summed E-state index contributed by atoms with van der Waals surface area (Å²) in [5.41, 5.74) is 5.54. The van der Waals surface area contributed by atoms with E-state index < -0.39 is 4.92 Å². The number of aromatic nitrogens is 2. The molecule has 19 heavy (non-hydrogen) atoms. The number of oxime groups is 1. The molecule has 0 radical (unpaired) electrons. The topological polar surface area (TPSA) is 128 Å². The highest BCUT2D eigenvalue weighted by molar-refractivity contribution is 8.01. The summed E-state index contributed by atoms with van der Waals surface area (Å²) < 4.78 is 4.42. The lowest BCUT2D eigenvalue weighted by atomic mass is 10.2. The van der Waals surface area contributed by atoms with E-state index in [-0.39, 0.29) is 17.1 Å². The van der Waals surface area contributed by atoms with Crippen LogP contribution in [0.25, 0.3) is 0 Å². The summed E-state index contributed by atoms with van der Waals surface area (Å²) in [6.45, 7) is 0. The maximum absolute atomic E-state index is 11.0. The molecule has 0 saturated carbocycles. The van der Waals surface area contributed by atoms with Crippen LogP contribution in [0.4, 0.5) is 5.69 Å². The third kappa shape index (κ3) is 2.98. The molecule has 0 amide bonds. The predicted octanol–water partition coefficient (Wildman–Crippen LogP) is 1.69. The fraction of sp³-hybridized carbons (Fsp3) is 0. The van der Waals surface area contributed by atoms with Crippen LogP contribution >= 0.6 is 23.3 Å². The van der Waals surface area contributed by atoms with E-state index in [4.69, 9.17) is 10.9 Å². The summed E-state index contributed by atoms with van der Waals surface area (Å²) in [4.78, 5) is 14.9. The first-order chi connectivity index (χ1) is 9.11. The minimum absolute atomic E-state index is 0.135. The van der Waals surface area contributed by atoms with Crippen LogP contribution in [0.5, 0.6) is 0 Å². The number of nitrogens with zero attached hydrogens (tertiary/aromatic N) is 4. The van der Waals surface area contributed by atoms with Crippen LogP contribution in [0.3, 0.4) is 0 Å². The van der Waals surface area contributed by atoms with E-state index in [0.29, 0.717) is 9.24 Å². The largest absolute Gasteiger partial charge is 0.409 e. The van der Waals surface area contributed by atoms with E-state index in [1.165, 1.54) is 24.5 Å². The summed E-state index contributed by atoms with van der Waals surface area (Å²) in [7, 11) is 0. The SMILES string of the molecule is NC(=NO)c1ccc(Sc2ncns2)c([N+](=O)[O-])c1. The van der Waals surface area contributed by atoms with Crippen LogP contribution in [0, 0.1) is 10.1 Å². The fourth-order valence-electron chi connectivity index (χ4n) is 1.27. The summed E-state index contributed by atoms with van der Waals surface area (Å²) >= 11 is 2.28. The molecule has 0 aliphatic carbocycles. The quantitative estimate of drug-likeness (QED) is 0.289. The Hall–Kier alpha value is -2.20. The number of benzene rings is 1. The molecule has 1 aromatic carbocycles. The van der Waals surface area contributed by atoms with E-state index >= 15 is 0 Å². The van der Waals surface area contributed by atoms with Gasteiger partial charge in [0.05, 0.1) is 9.82 Å². The first kappa shape index (κ1) is 13.2. The molecular formula is C9H7N5O3S2. The van der Waals surface area contributed by atoms with Crippen molar-refractivity contribution < 1.29 is 10.1 Å². The zero-order valence-corrected chi connectivity index (χ0v) is 10.9. The third-order valence-corrected chi connectivity index (χ3v) is 3.88.